The molecule has 20 heavy (non-hydrogen) atoms. The maximum Gasteiger partial charge on any atom is 0.227 e. The predicted molar refractivity (Wildman–Crippen MR) is 80.8 cm³/mol. The normalized spacial score (nSPS) is 26.8. The highest BCUT2D eigenvalue weighted by molar-refractivity contribution is 5.81. The van der Waals surface area contributed by atoms with E-state index < -0.39 is 0 Å². The fraction of sp³-hybridized carbons (Fsp3) is 0.562. The molecule has 1 aromatic rings. The van der Waals surface area contributed by atoms with Crippen LogP contribution >= 0.6 is 0 Å². The van der Waals surface area contributed by atoms with Gasteiger partial charge in [-0.25, -0.2) is 0 Å². The molecule has 2 aliphatic heterocycles. The molecule has 1 amide bonds. The predicted octanol–water partition coefficient (Wildman–Crippen LogP) is 1.43. The summed E-state index contributed by atoms with van der Waals surface area (Å²) in [6.07, 6.45) is 0.864. The molecular weight excluding hydrogens is 250 g/mol. The standard InChI is InChI=1S/C16H23N3O/c1-12-11-19(8-7-18(12)2)16(20)14-9-13-5-3-4-6-15(13)17-10-14/h3-6,12,14,17H,7-11H2,1-2H3. The zero-order valence-corrected chi connectivity index (χ0v) is 12.3. The van der Waals surface area contributed by atoms with Crippen LogP contribution in [0.1, 0.15) is 12.5 Å². The van der Waals surface area contributed by atoms with Crippen LogP contribution in [0, 0.1) is 5.92 Å². The van der Waals surface area contributed by atoms with Crippen LogP contribution < -0.4 is 5.32 Å². The van der Waals surface area contributed by atoms with Gasteiger partial charge in [-0.3, -0.25) is 4.79 Å². The molecule has 1 saturated heterocycles. The van der Waals surface area contributed by atoms with Crippen molar-refractivity contribution in [1.29, 1.82) is 0 Å². The Hall–Kier alpha value is -1.55. The minimum Gasteiger partial charge on any atom is -0.384 e. The van der Waals surface area contributed by atoms with Gasteiger partial charge in [-0.2, -0.15) is 0 Å². The highest BCUT2D eigenvalue weighted by atomic mass is 16.2. The highest BCUT2D eigenvalue weighted by Gasteiger charge is 2.31. The van der Waals surface area contributed by atoms with Gasteiger partial charge in [0.2, 0.25) is 5.91 Å². The van der Waals surface area contributed by atoms with Crippen molar-refractivity contribution < 1.29 is 4.79 Å². The highest BCUT2D eigenvalue weighted by Crippen LogP contribution is 2.25. The first-order valence-corrected chi connectivity index (χ1v) is 7.46. The number of carbonyl (C=O) groups excluding carboxylic acids is 1. The van der Waals surface area contributed by atoms with E-state index in [1.807, 2.05) is 17.0 Å². The molecule has 1 N–H and O–H groups in total. The summed E-state index contributed by atoms with van der Waals surface area (Å²) in [4.78, 5) is 17.0. The average Bonchev–Trinajstić information content (AvgIpc) is 2.49. The van der Waals surface area contributed by atoms with E-state index in [0.29, 0.717) is 11.9 Å². The summed E-state index contributed by atoms with van der Waals surface area (Å²) in [6.45, 7) is 5.64. The van der Waals surface area contributed by atoms with Crippen molar-refractivity contribution in [3.05, 3.63) is 29.8 Å². The summed E-state index contributed by atoms with van der Waals surface area (Å²) in [5.41, 5.74) is 2.45. The summed E-state index contributed by atoms with van der Waals surface area (Å²) in [7, 11) is 2.13. The topological polar surface area (TPSA) is 35.6 Å². The number of para-hydroxylation sites is 1. The summed E-state index contributed by atoms with van der Waals surface area (Å²) in [5.74, 6) is 0.396. The van der Waals surface area contributed by atoms with Gasteiger partial charge in [0, 0.05) is 37.9 Å². The van der Waals surface area contributed by atoms with Gasteiger partial charge < -0.3 is 15.1 Å². The smallest absolute Gasteiger partial charge is 0.227 e. The molecule has 3 rings (SSSR count). The molecule has 108 valence electrons. The molecule has 4 nitrogen and oxygen atoms in total. The van der Waals surface area contributed by atoms with E-state index in [9.17, 15) is 4.79 Å². The van der Waals surface area contributed by atoms with Gasteiger partial charge in [0.1, 0.15) is 0 Å². The quantitative estimate of drug-likeness (QED) is 0.841. The summed E-state index contributed by atoms with van der Waals surface area (Å²) >= 11 is 0. The molecule has 2 unspecified atom stereocenters. The van der Waals surface area contributed by atoms with Crippen molar-refractivity contribution in [2.75, 3.05) is 38.5 Å². The summed E-state index contributed by atoms with van der Waals surface area (Å²) < 4.78 is 0. The third-order valence-corrected chi connectivity index (χ3v) is 4.64. The molecule has 0 bridgehead atoms. The van der Waals surface area contributed by atoms with E-state index in [2.05, 4.69) is 36.3 Å². The van der Waals surface area contributed by atoms with Crippen LogP contribution in [0.2, 0.25) is 0 Å². The Morgan fingerprint density at radius 1 is 1.30 bits per heavy atom. The minimum absolute atomic E-state index is 0.0838. The maximum absolute atomic E-state index is 12.7. The number of rotatable bonds is 1. The number of nitrogens with zero attached hydrogens (tertiary/aromatic N) is 2. The monoisotopic (exact) mass is 273 g/mol. The fourth-order valence-electron chi connectivity index (χ4n) is 3.12. The first kappa shape index (κ1) is 13.4. The number of benzene rings is 1. The molecule has 2 atom stereocenters. The zero-order valence-electron chi connectivity index (χ0n) is 12.3. The molecule has 2 heterocycles. The molecule has 2 aliphatic rings. The molecule has 0 saturated carbocycles. The number of piperazine rings is 1. The van der Waals surface area contributed by atoms with E-state index in [4.69, 9.17) is 0 Å². The van der Waals surface area contributed by atoms with Crippen molar-refractivity contribution in [3.63, 3.8) is 0 Å². The van der Waals surface area contributed by atoms with E-state index >= 15 is 0 Å². The second-order valence-corrected chi connectivity index (χ2v) is 6.05. The molecule has 0 aromatic heterocycles. The number of amides is 1. The Morgan fingerprint density at radius 2 is 2.10 bits per heavy atom. The number of carbonyl (C=O) groups is 1. The molecule has 1 aromatic carbocycles. The van der Waals surface area contributed by atoms with Gasteiger partial charge in [0.15, 0.2) is 0 Å². The van der Waals surface area contributed by atoms with Crippen molar-refractivity contribution in [2.45, 2.75) is 19.4 Å². The Labute approximate surface area is 120 Å². The van der Waals surface area contributed by atoms with Crippen LogP contribution in [-0.2, 0) is 11.2 Å². The zero-order chi connectivity index (χ0) is 14.1. The number of likely N-dealkylation sites (N-methyl/N-ethyl adjacent to an activating group) is 1. The number of nitrogens with one attached hydrogen (secondary N) is 1. The number of fused-ring (bicyclic) bond motifs is 1. The van der Waals surface area contributed by atoms with Gasteiger partial charge in [-0.15, -0.1) is 0 Å². The van der Waals surface area contributed by atoms with Crippen molar-refractivity contribution in [2.24, 2.45) is 5.92 Å². The van der Waals surface area contributed by atoms with Gasteiger partial charge >= 0.3 is 0 Å². The summed E-state index contributed by atoms with van der Waals surface area (Å²) in [5, 5.41) is 3.39. The van der Waals surface area contributed by atoms with Gasteiger partial charge in [-0.05, 0) is 32.0 Å². The average molecular weight is 273 g/mol. The third kappa shape index (κ3) is 2.52. The van der Waals surface area contributed by atoms with Crippen molar-refractivity contribution in [3.8, 4) is 0 Å². The molecule has 0 aliphatic carbocycles. The first-order chi connectivity index (χ1) is 9.65. The second kappa shape index (κ2) is 5.44. The van der Waals surface area contributed by atoms with Crippen LogP contribution in [0.5, 0.6) is 0 Å². The van der Waals surface area contributed by atoms with Crippen LogP contribution in [0.3, 0.4) is 0 Å². The second-order valence-electron chi connectivity index (χ2n) is 6.05. The number of hydrogen-bond donors (Lipinski definition) is 1. The SMILES string of the molecule is CC1CN(C(=O)C2CNc3ccccc3C2)CCN1C. The van der Waals surface area contributed by atoms with Crippen LogP contribution in [0.15, 0.2) is 24.3 Å². The lowest BCUT2D eigenvalue weighted by Gasteiger charge is -2.39. The van der Waals surface area contributed by atoms with E-state index in [1.165, 1.54) is 11.3 Å². The first-order valence-electron chi connectivity index (χ1n) is 7.46. The van der Waals surface area contributed by atoms with Crippen LogP contribution in [-0.4, -0.2) is 55.0 Å². The van der Waals surface area contributed by atoms with Crippen LogP contribution in [0.25, 0.3) is 0 Å². The molecular formula is C16H23N3O. The largest absolute Gasteiger partial charge is 0.384 e. The molecule has 0 radical (unpaired) electrons. The minimum atomic E-state index is 0.0838. The van der Waals surface area contributed by atoms with Gasteiger partial charge in [-0.1, -0.05) is 18.2 Å². The Kier molecular flexibility index (Phi) is 3.66. The lowest BCUT2D eigenvalue weighted by atomic mass is 9.92. The third-order valence-electron chi connectivity index (χ3n) is 4.64. The lowest BCUT2D eigenvalue weighted by molar-refractivity contribution is -0.137. The van der Waals surface area contributed by atoms with Gasteiger partial charge in [0.25, 0.3) is 0 Å². The maximum atomic E-state index is 12.7. The Balaban J connectivity index is 1.67. The number of hydrogen-bond acceptors (Lipinski definition) is 3. The lowest BCUT2D eigenvalue weighted by Crippen LogP contribution is -2.54. The van der Waals surface area contributed by atoms with Crippen molar-refractivity contribution in [1.82, 2.24) is 9.80 Å². The van der Waals surface area contributed by atoms with Gasteiger partial charge in [0.05, 0.1) is 5.92 Å². The van der Waals surface area contributed by atoms with E-state index in [0.717, 1.165) is 32.6 Å². The Morgan fingerprint density at radius 3 is 2.90 bits per heavy atom. The molecule has 4 heteroatoms. The molecule has 1 fully saturated rings. The van der Waals surface area contributed by atoms with Crippen molar-refractivity contribution >= 4 is 11.6 Å². The number of anilines is 1. The van der Waals surface area contributed by atoms with E-state index in [1.54, 1.807) is 0 Å². The van der Waals surface area contributed by atoms with Crippen LogP contribution in [0.4, 0.5) is 5.69 Å². The summed E-state index contributed by atoms with van der Waals surface area (Å²) in [6, 6.07) is 8.75. The molecule has 0 spiro atoms. The fourth-order valence-corrected chi connectivity index (χ4v) is 3.12. The Bertz CT molecular complexity index is 502. The van der Waals surface area contributed by atoms with E-state index in [-0.39, 0.29) is 5.92 Å².